The number of hydrogen-bond donors (Lipinski definition) is 0. The van der Waals surface area contributed by atoms with Gasteiger partial charge in [-0.3, -0.25) is 9.80 Å². The monoisotopic (exact) mass is 344 g/mol. The molecule has 2 heterocycles. The van der Waals surface area contributed by atoms with Crippen LogP contribution in [0.15, 0.2) is 0 Å². The standard InChI is InChI=1S/C18H36N2O4/c1-21-11-15-5-6-16(12-22-2)19(15)9-10-20-17(13-23-3)7-8-18(20)14-24-4/h15-18H,5-14H2,1-4H3/t15-,16-,17-,18-/m1/s1. The number of nitrogens with zero attached hydrogens (tertiary/aromatic N) is 2. The van der Waals surface area contributed by atoms with Crippen molar-refractivity contribution in [2.75, 3.05) is 68.0 Å². The summed E-state index contributed by atoms with van der Waals surface area (Å²) in [5.74, 6) is 0. The lowest BCUT2D eigenvalue weighted by Gasteiger charge is -2.35. The second-order valence-corrected chi connectivity index (χ2v) is 7.07. The van der Waals surface area contributed by atoms with E-state index in [1.807, 2.05) is 0 Å². The first-order valence-corrected chi connectivity index (χ1v) is 9.22. The molecule has 0 aromatic rings. The van der Waals surface area contributed by atoms with E-state index in [1.54, 1.807) is 28.4 Å². The molecule has 0 amide bonds. The van der Waals surface area contributed by atoms with Crippen molar-refractivity contribution >= 4 is 0 Å². The smallest absolute Gasteiger partial charge is 0.0618 e. The Morgan fingerprint density at radius 2 is 0.792 bits per heavy atom. The van der Waals surface area contributed by atoms with E-state index in [2.05, 4.69) is 9.80 Å². The molecule has 0 unspecified atom stereocenters. The molecule has 0 N–H and O–H groups in total. The first-order chi connectivity index (χ1) is 11.7. The highest BCUT2D eigenvalue weighted by molar-refractivity contribution is 4.91. The lowest BCUT2D eigenvalue weighted by Crippen LogP contribution is -2.48. The number of hydrogen-bond acceptors (Lipinski definition) is 6. The number of ether oxygens (including phenoxy) is 4. The maximum Gasteiger partial charge on any atom is 0.0618 e. The molecular formula is C18H36N2O4. The van der Waals surface area contributed by atoms with Crippen LogP contribution in [-0.2, 0) is 18.9 Å². The highest BCUT2D eigenvalue weighted by Crippen LogP contribution is 2.28. The molecular weight excluding hydrogens is 308 g/mol. The minimum atomic E-state index is 0.513. The Hall–Kier alpha value is -0.240. The second kappa shape index (κ2) is 10.7. The molecule has 2 fully saturated rings. The third kappa shape index (κ3) is 5.13. The molecule has 2 rings (SSSR count). The zero-order chi connectivity index (χ0) is 17.4. The topological polar surface area (TPSA) is 43.4 Å². The summed E-state index contributed by atoms with van der Waals surface area (Å²) in [6.45, 7) is 5.35. The van der Waals surface area contributed by atoms with Gasteiger partial charge in [0.15, 0.2) is 0 Å². The van der Waals surface area contributed by atoms with Crippen molar-refractivity contribution in [2.24, 2.45) is 0 Å². The summed E-state index contributed by atoms with van der Waals surface area (Å²) in [6.07, 6.45) is 4.80. The third-order valence-corrected chi connectivity index (χ3v) is 5.59. The Morgan fingerprint density at radius 3 is 1.00 bits per heavy atom. The van der Waals surface area contributed by atoms with Crippen molar-refractivity contribution in [1.82, 2.24) is 9.80 Å². The molecule has 0 saturated carbocycles. The highest BCUT2D eigenvalue weighted by Gasteiger charge is 2.37. The molecule has 2 aliphatic rings. The average Bonchev–Trinajstić information content (AvgIpc) is 3.12. The van der Waals surface area contributed by atoms with Crippen molar-refractivity contribution in [2.45, 2.75) is 49.9 Å². The zero-order valence-corrected chi connectivity index (χ0v) is 15.9. The summed E-state index contributed by atoms with van der Waals surface area (Å²) in [6, 6.07) is 2.05. The maximum atomic E-state index is 5.44. The van der Waals surface area contributed by atoms with Crippen LogP contribution in [-0.4, -0.2) is 102 Å². The van der Waals surface area contributed by atoms with Crippen LogP contribution < -0.4 is 0 Å². The fourth-order valence-electron chi connectivity index (χ4n) is 4.48. The first kappa shape index (κ1) is 20.1. The summed E-state index contributed by atoms with van der Waals surface area (Å²) in [5.41, 5.74) is 0. The normalized spacial score (nSPS) is 32.0. The van der Waals surface area contributed by atoms with Gasteiger partial charge in [-0.15, -0.1) is 0 Å². The number of rotatable bonds is 11. The summed E-state index contributed by atoms with van der Waals surface area (Å²) in [4.78, 5) is 5.19. The average molecular weight is 344 g/mol. The number of likely N-dealkylation sites (tertiary alicyclic amines) is 2. The van der Waals surface area contributed by atoms with Gasteiger partial charge in [0.1, 0.15) is 0 Å². The van der Waals surface area contributed by atoms with Crippen LogP contribution in [0.5, 0.6) is 0 Å². The van der Waals surface area contributed by atoms with Gasteiger partial charge in [-0.1, -0.05) is 0 Å². The molecule has 0 aromatic carbocycles. The summed E-state index contributed by atoms with van der Waals surface area (Å²) in [5, 5.41) is 0. The molecule has 0 radical (unpaired) electrons. The van der Waals surface area contributed by atoms with E-state index in [-0.39, 0.29) is 0 Å². The summed E-state index contributed by atoms with van der Waals surface area (Å²) < 4.78 is 21.8. The van der Waals surface area contributed by atoms with Gasteiger partial charge in [0.2, 0.25) is 0 Å². The lowest BCUT2D eigenvalue weighted by atomic mass is 10.2. The maximum absolute atomic E-state index is 5.44. The molecule has 2 aliphatic heterocycles. The Bertz CT molecular complexity index is 285. The van der Waals surface area contributed by atoms with Crippen molar-refractivity contribution in [3.05, 3.63) is 0 Å². The lowest BCUT2D eigenvalue weighted by molar-refractivity contribution is 0.0305. The molecule has 0 bridgehead atoms. The molecule has 6 heteroatoms. The van der Waals surface area contributed by atoms with E-state index in [0.717, 1.165) is 39.5 Å². The van der Waals surface area contributed by atoms with E-state index in [1.165, 1.54) is 25.7 Å². The predicted molar refractivity (Wildman–Crippen MR) is 94.5 cm³/mol. The van der Waals surface area contributed by atoms with Gasteiger partial charge in [0, 0.05) is 65.7 Å². The fraction of sp³-hybridized carbons (Fsp3) is 1.00. The van der Waals surface area contributed by atoms with Gasteiger partial charge in [0.25, 0.3) is 0 Å². The van der Waals surface area contributed by atoms with E-state index in [4.69, 9.17) is 18.9 Å². The Kier molecular flexibility index (Phi) is 8.94. The molecule has 0 aliphatic carbocycles. The summed E-state index contributed by atoms with van der Waals surface area (Å²) in [7, 11) is 7.19. The van der Waals surface area contributed by atoms with E-state index >= 15 is 0 Å². The Labute approximate surface area is 147 Å². The van der Waals surface area contributed by atoms with Gasteiger partial charge < -0.3 is 18.9 Å². The van der Waals surface area contributed by atoms with Crippen LogP contribution in [0.2, 0.25) is 0 Å². The van der Waals surface area contributed by atoms with Gasteiger partial charge in [-0.25, -0.2) is 0 Å². The van der Waals surface area contributed by atoms with E-state index in [9.17, 15) is 0 Å². The quantitative estimate of drug-likeness (QED) is 0.562. The zero-order valence-electron chi connectivity index (χ0n) is 15.9. The van der Waals surface area contributed by atoms with E-state index < -0.39 is 0 Å². The van der Waals surface area contributed by atoms with Crippen LogP contribution in [0.3, 0.4) is 0 Å². The molecule has 142 valence electrons. The van der Waals surface area contributed by atoms with Crippen molar-refractivity contribution in [3.8, 4) is 0 Å². The largest absolute Gasteiger partial charge is 0.383 e. The van der Waals surface area contributed by atoms with Crippen molar-refractivity contribution in [3.63, 3.8) is 0 Å². The Balaban J connectivity index is 1.95. The van der Waals surface area contributed by atoms with Gasteiger partial charge in [-0.05, 0) is 25.7 Å². The van der Waals surface area contributed by atoms with Gasteiger partial charge >= 0.3 is 0 Å². The third-order valence-electron chi connectivity index (χ3n) is 5.59. The Morgan fingerprint density at radius 1 is 0.542 bits per heavy atom. The SMILES string of the molecule is COC[C@H]1CC[C@H](COC)N1CCN1[C@@H](COC)CC[C@@H]1COC. The van der Waals surface area contributed by atoms with E-state index in [0.29, 0.717) is 24.2 Å². The van der Waals surface area contributed by atoms with Crippen molar-refractivity contribution < 1.29 is 18.9 Å². The minimum Gasteiger partial charge on any atom is -0.383 e. The first-order valence-electron chi connectivity index (χ1n) is 9.22. The van der Waals surface area contributed by atoms with Crippen LogP contribution in [0.1, 0.15) is 25.7 Å². The second-order valence-electron chi connectivity index (χ2n) is 7.07. The molecule has 0 aromatic heterocycles. The van der Waals surface area contributed by atoms with Crippen LogP contribution in [0, 0.1) is 0 Å². The van der Waals surface area contributed by atoms with Crippen LogP contribution in [0.25, 0.3) is 0 Å². The van der Waals surface area contributed by atoms with Gasteiger partial charge in [0.05, 0.1) is 26.4 Å². The molecule has 6 nitrogen and oxygen atoms in total. The summed E-state index contributed by atoms with van der Waals surface area (Å²) >= 11 is 0. The molecule has 2 saturated heterocycles. The molecule has 4 atom stereocenters. The van der Waals surface area contributed by atoms with Gasteiger partial charge in [-0.2, -0.15) is 0 Å². The van der Waals surface area contributed by atoms with Crippen LogP contribution in [0.4, 0.5) is 0 Å². The molecule has 24 heavy (non-hydrogen) atoms. The van der Waals surface area contributed by atoms with Crippen LogP contribution >= 0.6 is 0 Å². The predicted octanol–water partition coefficient (Wildman–Crippen LogP) is 1.24. The number of methoxy groups -OCH3 is 4. The highest BCUT2D eigenvalue weighted by atomic mass is 16.5. The van der Waals surface area contributed by atoms with Crippen molar-refractivity contribution in [1.29, 1.82) is 0 Å². The fourth-order valence-corrected chi connectivity index (χ4v) is 4.48. The molecule has 0 spiro atoms. The minimum absolute atomic E-state index is 0.513.